The molecule has 2 atom stereocenters. The number of benzene rings is 3. The third-order valence-corrected chi connectivity index (χ3v) is 7.34. The van der Waals surface area contributed by atoms with Crippen LogP contribution in [0.5, 0.6) is 0 Å². The number of fused-ring (bicyclic) bond motifs is 1. The topological polar surface area (TPSA) is 88.1 Å². The Kier molecular flexibility index (Phi) is 8.46. The Morgan fingerprint density at radius 1 is 0.923 bits per heavy atom. The molecule has 200 valence electrons. The number of nitrogens with one attached hydrogen (secondary N) is 1. The number of benzodiazepines with no additional fused rings is 1. The molecule has 1 aliphatic carbocycles. The van der Waals surface area contributed by atoms with Gasteiger partial charge in [-0.3, -0.25) is 14.6 Å². The Balaban J connectivity index is 1.18. The fourth-order valence-corrected chi connectivity index (χ4v) is 5.48. The van der Waals surface area contributed by atoms with Gasteiger partial charge in [0.2, 0.25) is 5.91 Å². The number of carbonyl (C=O) groups excluding carboxylic acids is 3. The van der Waals surface area contributed by atoms with E-state index < -0.39 is 6.09 Å². The Bertz CT molecular complexity index is 1340. The van der Waals surface area contributed by atoms with Gasteiger partial charge in [0.25, 0.3) is 0 Å². The number of hydrogen-bond acceptors (Lipinski definition) is 5. The molecular formula is C32H33N3O4. The molecule has 1 aliphatic heterocycles. The molecule has 1 fully saturated rings. The number of anilines is 1. The number of amides is 2. The number of Topliss-reactive ketones (excluding diaryl/α,β-unsaturated/α-hetero) is 1. The number of carbonyl (C=O) groups is 3. The molecule has 1 N–H and O–H groups in total. The molecule has 0 spiro atoms. The van der Waals surface area contributed by atoms with Gasteiger partial charge in [0.05, 0.1) is 17.9 Å². The van der Waals surface area contributed by atoms with E-state index in [9.17, 15) is 14.4 Å². The van der Waals surface area contributed by atoms with Crippen molar-refractivity contribution in [1.82, 2.24) is 5.32 Å². The predicted molar refractivity (Wildman–Crippen MR) is 151 cm³/mol. The van der Waals surface area contributed by atoms with Gasteiger partial charge in [-0.1, -0.05) is 85.3 Å². The average Bonchev–Trinajstić information content (AvgIpc) is 3.09. The number of ketones is 1. The van der Waals surface area contributed by atoms with E-state index >= 15 is 0 Å². The van der Waals surface area contributed by atoms with Crippen molar-refractivity contribution < 1.29 is 19.1 Å². The summed E-state index contributed by atoms with van der Waals surface area (Å²) in [7, 11) is 0. The zero-order valence-corrected chi connectivity index (χ0v) is 21.9. The van der Waals surface area contributed by atoms with Crippen LogP contribution in [0.15, 0.2) is 89.9 Å². The molecule has 2 aliphatic rings. The van der Waals surface area contributed by atoms with Crippen LogP contribution < -0.4 is 10.2 Å². The Labute approximate surface area is 228 Å². The van der Waals surface area contributed by atoms with E-state index in [0.717, 1.165) is 48.1 Å². The van der Waals surface area contributed by atoms with Gasteiger partial charge < -0.3 is 15.0 Å². The predicted octanol–water partition coefficient (Wildman–Crippen LogP) is 5.32. The van der Waals surface area contributed by atoms with Gasteiger partial charge in [0, 0.05) is 23.6 Å². The lowest BCUT2D eigenvalue weighted by atomic mass is 9.82. The van der Waals surface area contributed by atoms with Crippen LogP contribution in [0, 0.1) is 5.92 Å². The zero-order chi connectivity index (χ0) is 27.0. The van der Waals surface area contributed by atoms with E-state index in [-0.39, 0.29) is 43.3 Å². The van der Waals surface area contributed by atoms with Crippen molar-refractivity contribution >= 4 is 29.2 Å². The zero-order valence-electron chi connectivity index (χ0n) is 21.9. The lowest BCUT2D eigenvalue weighted by molar-refractivity contribution is -0.122. The van der Waals surface area contributed by atoms with Crippen LogP contribution in [0.4, 0.5) is 10.5 Å². The van der Waals surface area contributed by atoms with Gasteiger partial charge in [-0.15, -0.1) is 0 Å². The molecule has 0 aromatic heterocycles. The molecule has 5 rings (SSSR count). The minimum atomic E-state index is -0.433. The molecule has 3 aromatic carbocycles. The number of aliphatic imine (C=N–C) groups is 1. The lowest BCUT2D eigenvalue weighted by Crippen LogP contribution is -2.40. The molecule has 0 bridgehead atoms. The largest absolute Gasteiger partial charge is 0.445 e. The molecule has 3 aromatic rings. The Hall–Kier alpha value is -4.26. The van der Waals surface area contributed by atoms with Gasteiger partial charge in [0.1, 0.15) is 13.2 Å². The van der Waals surface area contributed by atoms with Crippen molar-refractivity contribution in [3.8, 4) is 0 Å². The Morgan fingerprint density at radius 3 is 2.44 bits per heavy atom. The molecule has 0 saturated heterocycles. The highest BCUT2D eigenvalue weighted by Crippen LogP contribution is 2.30. The maximum atomic E-state index is 13.2. The Morgan fingerprint density at radius 2 is 1.64 bits per heavy atom. The molecule has 2 unspecified atom stereocenters. The van der Waals surface area contributed by atoms with E-state index in [4.69, 9.17) is 4.74 Å². The van der Waals surface area contributed by atoms with Gasteiger partial charge >= 0.3 is 6.09 Å². The number of alkyl carbamates (subject to hydrolysis) is 1. The first-order valence-corrected chi connectivity index (χ1v) is 13.6. The maximum absolute atomic E-state index is 13.2. The second-order valence-electron chi connectivity index (χ2n) is 10.2. The van der Waals surface area contributed by atoms with Crippen molar-refractivity contribution in [1.29, 1.82) is 0 Å². The SMILES string of the molecule is O=C(CC1CCCC(NC(=O)OCc2ccccc2)C1)CN1C(=O)CN=C(c2ccccc2)c2ccccc21. The summed E-state index contributed by atoms with van der Waals surface area (Å²) >= 11 is 0. The van der Waals surface area contributed by atoms with E-state index in [1.165, 1.54) is 0 Å². The van der Waals surface area contributed by atoms with Gasteiger partial charge in [0.15, 0.2) is 5.78 Å². The number of nitrogens with zero attached hydrogens (tertiary/aromatic N) is 2. The molecule has 1 heterocycles. The highest BCUT2D eigenvalue weighted by atomic mass is 16.5. The summed E-state index contributed by atoms with van der Waals surface area (Å²) in [5.41, 5.74) is 4.19. The van der Waals surface area contributed by atoms with Crippen LogP contribution in [0.1, 0.15) is 48.8 Å². The van der Waals surface area contributed by atoms with Crippen molar-refractivity contribution in [3.05, 3.63) is 102 Å². The average molecular weight is 524 g/mol. The van der Waals surface area contributed by atoms with Crippen LogP contribution in [-0.4, -0.2) is 42.6 Å². The smallest absolute Gasteiger partial charge is 0.407 e. The lowest BCUT2D eigenvalue weighted by Gasteiger charge is -2.30. The molecule has 7 heteroatoms. The second-order valence-corrected chi connectivity index (χ2v) is 10.2. The normalized spacial score (nSPS) is 18.9. The molecule has 7 nitrogen and oxygen atoms in total. The fraction of sp³-hybridized carbons (Fsp3) is 0.312. The van der Waals surface area contributed by atoms with Gasteiger partial charge in [-0.2, -0.15) is 0 Å². The van der Waals surface area contributed by atoms with Crippen molar-refractivity contribution in [2.75, 3.05) is 18.0 Å². The maximum Gasteiger partial charge on any atom is 0.407 e. The summed E-state index contributed by atoms with van der Waals surface area (Å²) in [6.45, 7) is 0.232. The van der Waals surface area contributed by atoms with Crippen molar-refractivity contribution in [3.63, 3.8) is 0 Å². The highest BCUT2D eigenvalue weighted by molar-refractivity contribution is 6.20. The minimum absolute atomic E-state index is 0.00724. The standard InChI is InChI=1S/C32H33N3O4/c36-27(19-24-12-9-15-26(18-24)34-32(38)39-22-23-10-3-1-4-11-23)21-35-29-17-8-7-16-28(29)31(33-20-30(35)37)25-13-5-2-6-14-25/h1-8,10-11,13-14,16-17,24,26H,9,12,15,18-22H2,(H,34,38). The van der Waals surface area contributed by atoms with Crippen LogP contribution in [0.25, 0.3) is 0 Å². The summed E-state index contributed by atoms with van der Waals surface area (Å²) in [5, 5.41) is 2.97. The first-order chi connectivity index (χ1) is 19.1. The minimum Gasteiger partial charge on any atom is -0.445 e. The molecule has 0 radical (unpaired) electrons. The van der Waals surface area contributed by atoms with E-state index in [0.29, 0.717) is 12.1 Å². The van der Waals surface area contributed by atoms with Crippen LogP contribution in [-0.2, 0) is 20.9 Å². The summed E-state index contributed by atoms with van der Waals surface area (Å²) < 4.78 is 5.37. The third kappa shape index (κ3) is 6.79. The van der Waals surface area contributed by atoms with Crippen molar-refractivity contribution in [2.24, 2.45) is 10.9 Å². The number of rotatable bonds is 8. The van der Waals surface area contributed by atoms with Crippen LogP contribution >= 0.6 is 0 Å². The first-order valence-electron chi connectivity index (χ1n) is 13.6. The van der Waals surface area contributed by atoms with Gasteiger partial charge in [-0.05, 0) is 36.8 Å². The van der Waals surface area contributed by atoms with Crippen LogP contribution in [0.3, 0.4) is 0 Å². The van der Waals surface area contributed by atoms with Crippen molar-refractivity contribution in [2.45, 2.75) is 44.8 Å². The van der Waals surface area contributed by atoms with Gasteiger partial charge in [-0.25, -0.2) is 4.79 Å². The first kappa shape index (κ1) is 26.4. The number of para-hydroxylation sites is 1. The molecule has 39 heavy (non-hydrogen) atoms. The van der Waals surface area contributed by atoms with E-state index in [1.807, 2.05) is 84.9 Å². The fourth-order valence-electron chi connectivity index (χ4n) is 5.48. The molecule has 2 amide bonds. The second kappa shape index (κ2) is 12.5. The highest BCUT2D eigenvalue weighted by Gasteiger charge is 2.29. The molecule has 1 saturated carbocycles. The number of hydrogen-bond donors (Lipinski definition) is 1. The molecular weight excluding hydrogens is 490 g/mol. The summed E-state index contributed by atoms with van der Waals surface area (Å²) in [5.74, 6) is -0.0242. The third-order valence-electron chi connectivity index (χ3n) is 7.34. The number of ether oxygens (including phenoxy) is 1. The van der Waals surface area contributed by atoms with E-state index in [2.05, 4.69) is 10.3 Å². The monoisotopic (exact) mass is 523 g/mol. The van der Waals surface area contributed by atoms with E-state index in [1.54, 1.807) is 4.90 Å². The summed E-state index contributed by atoms with van der Waals surface area (Å²) in [4.78, 5) is 44.9. The van der Waals surface area contributed by atoms with Crippen LogP contribution in [0.2, 0.25) is 0 Å². The quantitative estimate of drug-likeness (QED) is 0.433. The summed E-state index contributed by atoms with van der Waals surface area (Å²) in [6.07, 6.45) is 3.38. The summed E-state index contributed by atoms with van der Waals surface area (Å²) in [6, 6.07) is 27.0.